The fourth-order valence-electron chi connectivity index (χ4n) is 5.12. The molecule has 0 bridgehead atoms. The number of likely N-dealkylation sites (tertiary alicyclic amines) is 1. The van der Waals surface area contributed by atoms with Crippen LogP contribution in [-0.4, -0.2) is 53.5 Å². The third kappa shape index (κ3) is 6.54. The normalized spacial score (nSPS) is 16.9. The molecule has 1 unspecified atom stereocenters. The summed E-state index contributed by atoms with van der Waals surface area (Å²) in [4.78, 5) is 18.6. The van der Waals surface area contributed by atoms with Gasteiger partial charge in [-0.15, -0.1) is 23.1 Å². The lowest BCUT2D eigenvalue weighted by atomic mass is 9.71. The first-order valence-electron chi connectivity index (χ1n) is 12.1. The van der Waals surface area contributed by atoms with Gasteiger partial charge in [0.1, 0.15) is 11.9 Å². The number of thiophene rings is 1. The Morgan fingerprint density at radius 3 is 2.83 bits per heavy atom. The Kier molecular flexibility index (Phi) is 8.68. The Labute approximate surface area is 214 Å². The number of halogens is 1. The number of alkyl halides is 1. The number of carbonyl (C=O) groups is 1. The SMILES string of the molecule is COc1ccc2ncc(C)c(C(F)CCC3(CC(=O)O)CCN(CCSc4cccs4)CC3)c2c1. The van der Waals surface area contributed by atoms with E-state index in [1.807, 2.05) is 36.9 Å². The highest BCUT2D eigenvalue weighted by Crippen LogP contribution is 2.43. The first kappa shape index (κ1) is 25.9. The van der Waals surface area contributed by atoms with Crippen LogP contribution in [0.5, 0.6) is 5.75 Å². The van der Waals surface area contributed by atoms with Crippen molar-refractivity contribution < 1.29 is 19.0 Å². The Balaban J connectivity index is 1.40. The number of piperidine rings is 1. The van der Waals surface area contributed by atoms with Crippen LogP contribution in [0.3, 0.4) is 0 Å². The van der Waals surface area contributed by atoms with Gasteiger partial charge >= 0.3 is 5.97 Å². The van der Waals surface area contributed by atoms with Crippen LogP contribution in [0.15, 0.2) is 46.1 Å². The molecule has 1 fully saturated rings. The van der Waals surface area contributed by atoms with E-state index in [0.717, 1.165) is 54.7 Å². The van der Waals surface area contributed by atoms with Gasteiger partial charge in [-0.3, -0.25) is 9.78 Å². The van der Waals surface area contributed by atoms with Gasteiger partial charge in [-0.2, -0.15) is 0 Å². The largest absolute Gasteiger partial charge is 0.497 e. The number of carboxylic acids is 1. The average molecular weight is 517 g/mol. The topological polar surface area (TPSA) is 62.7 Å². The van der Waals surface area contributed by atoms with Gasteiger partial charge in [0.05, 0.1) is 23.3 Å². The first-order valence-corrected chi connectivity index (χ1v) is 13.9. The number of aromatic nitrogens is 1. The molecule has 1 saturated heterocycles. The fourth-order valence-corrected chi connectivity index (χ4v) is 6.98. The van der Waals surface area contributed by atoms with E-state index < -0.39 is 12.1 Å². The Morgan fingerprint density at radius 2 is 2.14 bits per heavy atom. The molecule has 1 aromatic carbocycles. The summed E-state index contributed by atoms with van der Waals surface area (Å²) in [7, 11) is 1.60. The van der Waals surface area contributed by atoms with E-state index in [4.69, 9.17) is 4.74 Å². The van der Waals surface area contributed by atoms with Gasteiger partial charge in [0.15, 0.2) is 0 Å². The second-order valence-corrected chi connectivity index (χ2v) is 11.8. The van der Waals surface area contributed by atoms with Crippen LogP contribution in [0.25, 0.3) is 10.9 Å². The van der Waals surface area contributed by atoms with Crippen LogP contribution >= 0.6 is 23.1 Å². The van der Waals surface area contributed by atoms with Gasteiger partial charge in [-0.25, -0.2) is 4.39 Å². The second-order valence-electron chi connectivity index (χ2n) is 9.44. The maximum absolute atomic E-state index is 15.8. The van der Waals surface area contributed by atoms with Gasteiger partial charge in [0, 0.05) is 23.9 Å². The van der Waals surface area contributed by atoms with E-state index in [-0.39, 0.29) is 11.8 Å². The Morgan fingerprint density at radius 1 is 1.34 bits per heavy atom. The summed E-state index contributed by atoms with van der Waals surface area (Å²) in [5.41, 5.74) is 1.83. The van der Waals surface area contributed by atoms with E-state index in [9.17, 15) is 9.90 Å². The zero-order valence-electron chi connectivity index (χ0n) is 20.3. The molecule has 3 aromatic rings. The van der Waals surface area contributed by atoms with Crippen molar-refractivity contribution in [1.29, 1.82) is 0 Å². The van der Waals surface area contributed by atoms with Crippen LogP contribution in [-0.2, 0) is 4.79 Å². The molecule has 4 rings (SSSR count). The standard InChI is InChI=1S/C27H33FN2O3S2/c1-19-18-29-23-6-5-20(33-2)16-21(23)26(19)22(28)7-8-27(17-24(31)32)9-11-30(12-10-27)13-15-35-25-4-3-14-34-25/h3-6,14,16,18,22H,7-13,15,17H2,1-2H3,(H,31,32). The highest BCUT2D eigenvalue weighted by atomic mass is 32.2. The Bertz CT molecular complexity index is 1130. The minimum Gasteiger partial charge on any atom is -0.497 e. The van der Waals surface area contributed by atoms with Crippen molar-refractivity contribution in [2.24, 2.45) is 5.41 Å². The van der Waals surface area contributed by atoms with Crippen molar-refractivity contribution in [3.63, 3.8) is 0 Å². The third-order valence-corrected chi connectivity index (χ3v) is 9.26. The quantitative estimate of drug-likeness (QED) is 0.284. The van der Waals surface area contributed by atoms with Gasteiger partial charge in [0.2, 0.25) is 0 Å². The Hall–Kier alpha value is -2.16. The summed E-state index contributed by atoms with van der Waals surface area (Å²) in [6.45, 7) is 4.60. The number of hydrogen-bond acceptors (Lipinski definition) is 6. The molecule has 0 amide bonds. The first-order chi connectivity index (χ1) is 16.9. The molecule has 3 heterocycles. The molecule has 1 aliphatic rings. The van der Waals surface area contributed by atoms with Crippen molar-refractivity contribution in [3.05, 3.63) is 53.0 Å². The van der Waals surface area contributed by atoms with Crippen LogP contribution in [0.1, 0.15) is 49.4 Å². The van der Waals surface area contributed by atoms with Crippen molar-refractivity contribution in [1.82, 2.24) is 9.88 Å². The number of nitrogens with zero attached hydrogens (tertiary/aromatic N) is 2. The molecule has 1 aliphatic heterocycles. The average Bonchev–Trinajstić information content (AvgIpc) is 3.36. The highest BCUT2D eigenvalue weighted by molar-refractivity contribution is 8.01. The molecule has 35 heavy (non-hydrogen) atoms. The maximum atomic E-state index is 15.8. The third-order valence-electron chi connectivity index (χ3n) is 7.15. The molecule has 8 heteroatoms. The number of benzene rings is 1. The van der Waals surface area contributed by atoms with Crippen LogP contribution in [0.2, 0.25) is 0 Å². The molecule has 188 valence electrons. The molecular weight excluding hydrogens is 483 g/mol. The number of ether oxygens (including phenoxy) is 1. The second kappa shape index (κ2) is 11.7. The summed E-state index contributed by atoms with van der Waals surface area (Å²) < 4.78 is 22.4. The molecule has 0 saturated carbocycles. The molecule has 5 nitrogen and oxygen atoms in total. The minimum atomic E-state index is -1.18. The monoisotopic (exact) mass is 516 g/mol. The maximum Gasteiger partial charge on any atom is 0.303 e. The summed E-state index contributed by atoms with van der Waals surface area (Å²) in [5.74, 6) is 0.902. The van der Waals surface area contributed by atoms with Gasteiger partial charge in [0.25, 0.3) is 0 Å². The number of carboxylic acid groups (broad SMARTS) is 1. The number of thioether (sulfide) groups is 1. The number of pyridine rings is 1. The lowest BCUT2D eigenvalue weighted by molar-refractivity contribution is -0.141. The smallest absolute Gasteiger partial charge is 0.303 e. The van der Waals surface area contributed by atoms with Gasteiger partial charge in [-0.05, 0) is 91.9 Å². The van der Waals surface area contributed by atoms with Gasteiger partial charge < -0.3 is 14.7 Å². The van der Waals surface area contributed by atoms with E-state index in [1.54, 1.807) is 24.6 Å². The predicted molar refractivity (Wildman–Crippen MR) is 142 cm³/mol. The number of aliphatic carboxylic acids is 1. The zero-order chi connectivity index (χ0) is 24.8. The van der Waals surface area contributed by atoms with Gasteiger partial charge in [-0.1, -0.05) is 6.07 Å². The molecular formula is C27H33FN2O3S2. The van der Waals surface area contributed by atoms with E-state index in [1.165, 1.54) is 4.21 Å². The predicted octanol–water partition coefficient (Wildman–Crippen LogP) is 6.75. The van der Waals surface area contributed by atoms with E-state index >= 15 is 4.39 Å². The number of fused-ring (bicyclic) bond motifs is 1. The molecule has 0 spiro atoms. The minimum absolute atomic E-state index is 0.0986. The fraction of sp³-hybridized carbons (Fsp3) is 0.481. The van der Waals surface area contributed by atoms with Crippen LogP contribution in [0, 0.1) is 12.3 Å². The summed E-state index contributed by atoms with van der Waals surface area (Å²) in [6.07, 6.45) is 3.08. The lowest BCUT2D eigenvalue weighted by Gasteiger charge is -2.41. The number of aryl methyl sites for hydroxylation is 1. The number of hydrogen-bond donors (Lipinski definition) is 1. The molecule has 0 radical (unpaired) electrons. The van der Waals surface area contributed by atoms with Crippen molar-refractivity contribution in [2.75, 3.05) is 32.5 Å². The van der Waals surface area contributed by atoms with E-state index in [0.29, 0.717) is 24.2 Å². The molecule has 0 aliphatic carbocycles. The van der Waals surface area contributed by atoms with Crippen LogP contribution in [0.4, 0.5) is 4.39 Å². The van der Waals surface area contributed by atoms with Crippen molar-refractivity contribution >= 4 is 40.0 Å². The highest BCUT2D eigenvalue weighted by Gasteiger charge is 2.37. The van der Waals surface area contributed by atoms with Crippen molar-refractivity contribution in [3.8, 4) is 5.75 Å². The number of rotatable bonds is 11. The molecule has 1 atom stereocenters. The van der Waals surface area contributed by atoms with E-state index in [2.05, 4.69) is 27.4 Å². The summed E-state index contributed by atoms with van der Waals surface area (Å²) in [6, 6.07) is 9.73. The molecule has 2 aromatic heterocycles. The number of methoxy groups -OCH3 is 1. The summed E-state index contributed by atoms with van der Waals surface area (Å²) in [5, 5.41) is 12.5. The summed E-state index contributed by atoms with van der Waals surface area (Å²) >= 11 is 3.63. The van der Waals surface area contributed by atoms with Crippen LogP contribution < -0.4 is 4.74 Å². The zero-order valence-corrected chi connectivity index (χ0v) is 22.0. The van der Waals surface area contributed by atoms with Crippen molar-refractivity contribution in [2.45, 2.75) is 49.4 Å². The lowest BCUT2D eigenvalue weighted by Crippen LogP contribution is -2.42. The molecule has 1 N–H and O–H groups in total.